The molecule has 0 spiro atoms. The van der Waals surface area contributed by atoms with Crippen molar-refractivity contribution in [2.24, 2.45) is 7.05 Å². The van der Waals surface area contributed by atoms with Crippen LogP contribution in [-0.4, -0.2) is 0 Å². The molecule has 3 aromatic carbocycles. The fourth-order valence-electron chi connectivity index (χ4n) is 4.85. The highest BCUT2D eigenvalue weighted by atomic mass is 16.5. The van der Waals surface area contributed by atoms with Gasteiger partial charge in [-0.15, -0.1) is 0 Å². The van der Waals surface area contributed by atoms with Crippen molar-refractivity contribution in [1.82, 2.24) is 0 Å². The minimum absolute atomic E-state index is 0.548. The summed E-state index contributed by atoms with van der Waals surface area (Å²) in [6.07, 6.45) is 3.75. The van der Waals surface area contributed by atoms with Gasteiger partial charge in [0.15, 0.2) is 6.20 Å². The molecule has 0 saturated carbocycles. The fourth-order valence-corrected chi connectivity index (χ4v) is 4.85. The standard InChI is InChI=1S/C25H16NO3/c1-13-15-6-4-3-5-14(15)11-19-21(13)23-22-17(7-9-26(23)2)24-18(12-20(22)28-19)16-8-10-27-25(16)29-24/h3-12H,1-2H3/q+1. The van der Waals surface area contributed by atoms with Crippen LogP contribution in [0, 0.1) is 6.92 Å². The third kappa shape index (κ3) is 1.77. The van der Waals surface area contributed by atoms with Crippen LogP contribution >= 0.6 is 0 Å². The van der Waals surface area contributed by atoms with Crippen molar-refractivity contribution in [3.8, 4) is 22.8 Å². The number of aryl methyl sites for hydroxylation is 2. The van der Waals surface area contributed by atoms with Gasteiger partial charge in [-0.25, -0.2) is 4.57 Å². The van der Waals surface area contributed by atoms with Gasteiger partial charge in [-0.3, -0.25) is 0 Å². The van der Waals surface area contributed by atoms with Crippen molar-refractivity contribution in [2.45, 2.75) is 6.92 Å². The zero-order valence-electron chi connectivity index (χ0n) is 15.9. The summed E-state index contributed by atoms with van der Waals surface area (Å²) in [6.45, 7) is 2.17. The van der Waals surface area contributed by atoms with E-state index in [0.29, 0.717) is 5.78 Å². The van der Waals surface area contributed by atoms with Crippen LogP contribution in [0.1, 0.15) is 5.56 Å². The molecule has 6 aromatic rings. The number of pyridine rings is 1. The molecule has 29 heavy (non-hydrogen) atoms. The second-order valence-electron chi connectivity index (χ2n) is 7.74. The molecular formula is C25H16NO3+. The van der Waals surface area contributed by atoms with Crippen LogP contribution in [-0.2, 0) is 7.05 Å². The minimum Gasteiger partial charge on any atom is -0.455 e. The molecule has 0 N–H and O–H groups in total. The van der Waals surface area contributed by atoms with Crippen molar-refractivity contribution in [3.63, 3.8) is 0 Å². The number of rotatable bonds is 0. The Morgan fingerprint density at radius 3 is 2.69 bits per heavy atom. The molecule has 0 saturated heterocycles. The molecule has 4 heteroatoms. The van der Waals surface area contributed by atoms with Crippen LogP contribution in [0.2, 0.25) is 0 Å². The van der Waals surface area contributed by atoms with Gasteiger partial charge in [-0.05, 0) is 41.5 Å². The number of hydrogen-bond acceptors (Lipinski definition) is 3. The molecule has 0 amide bonds. The maximum Gasteiger partial charge on any atom is 0.298 e. The fraction of sp³-hybridized carbons (Fsp3) is 0.0800. The number of fused-ring (bicyclic) bond motifs is 7. The van der Waals surface area contributed by atoms with Gasteiger partial charge in [-0.2, -0.15) is 0 Å². The third-order valence-electron chi connectivity index (χ3n) is 6.18. The summed E-state index contributed by atoms with van der Waals surface area (Å²) in [5, 5.41) is 6.52. The Bertz CT molecular complexity index is 1650. The monoisotopic (exact) mass is 378 g/mol. The lowest BCUT2D eigenvalue weighted by Crippen LogP contribution is -2.31. The summed E-state index contributed by atoms with van der Waals surface area (Å²) >= 11 is 0. The molecule has 4 nitrogen and oxygen atoms in total. The molecule has 0 bridgehead atoms. The van der Waals surface area contributed by atoms with Crippen molar-refractivity contribution >= 4 is 43.7 Å². The van der Waals surface area contributed by atoms with Gasteiger partial charge < -0.3 is 13.6 Å². The van der Waals surface area contributed by atoms with Crippen molar-refractivity contribution in [1.29, 1.82) is 0 Å². The Labute approximate surface area is 165 Å². The predicted octanol–water partition coefficient (Wildman–Crippen LogP) is 6.39. The van der Waals surface area contributed by atoms with Crippen LogP contribution in [0.3, 0.4) is 0 Å². The van der Waals surface area contributed by atoms with Gasteiger partial charge in [0.1, 0.15) is 29.5 Å². The lowest BCUT2D eigenvalue weighted by atomic mass is 9.91. The summed E-state index contributed by atoms with van der Waals surface area (Å²) in [6, 6.07) is 16.7. The molecule has 0 fully saturated rings. The van der Waals surface area contributed by atoms with E-state index in [-0.39, 0.29) is 0 Å². The van der Waals surface area contributed by atoms with Crippen molar-refractivity contribution < 1.29 is 18.1 Å². The van der Waals surface area contributed by atoms with E-state index in [1.807, 2.05) is 6.07 Å². The third-order valence-corrected chi connectivity index (χ3v) is 6.18. The highest BCUT2D eigenvalue weighted by Crippen LogP contribution is 2.50. The van der Waals surface area contributed by atoms with E-state index in [2.05, 4.69) is 67.2 Å². The first kappa shape index (κ1) is 15.2. The molecule has 3 aromatic heterocycles. The smallest absolute Gasteiger partial charge is 0.298 e. The zero-order valence-corrected chi connectivity index (χ0v) is 15.9. The average Bonchev–Trinajstić information content (AvgIpc) is 3.32. The van der Waals surface area contributed by atoms with Crippen molar-refractivity contribution in [2.75, 3.05) is 0 Å². The lowest BCUT2D eigenvalue weighted by molar-refractivity contribution is -0.659. The first-order chi connectivity index (χ1) is 14.2. The van der Waals surface area contributed by atoms with Crippen LogP contribution in [0.15, 0.2) is 69.8 Å². The van der Waals surface area contributed by atoms with Gasteiger partial charge >= 0.3 is 0 Å². The Hall–Kier alpha value is -3.79. The van der Waals surface area contributed by atoms with Gasteiger partial charge in [0.25, 0.3) is 5.78 Å². The molecule has 138 valence electrons. The Balaban J connectivity index is 1.71. The second kappa shape index (κ2) is 4.97. The SMILES string of the molecule is Cc1c2c(cc3ccccc13)Oc1cc3c4ccoc4oc3c3cc[n+](C)c-2c13. The van der Waals surface area contributed by atoms with Gasteiger partial charge in [0.05, 0.1) is 17.2 Å². The maximum absolute atomic E-state index is 6.51. The van der Waals surface area contributed by atoms with Gasteiger partial charge in [0.2, 0.25) is 5.69 Å². The number of nitrogens with zero attached hydrogens (tertiary/aromatic N) is 1. The van der Waals surface area contributed by atoms with E-state index < -0.39 is 0 Å². The molecular weight excluding hydrogens is 362 g/mol. The number of ether oxygens (including phenoxy) is 1. The average molecular weight is 378 g/mol. The van der Waals surface area contributed by atoms with E-state index in [1.54, 1.807) is 6.26 Å². The zero-order chi connectivity index (χ0) is 19.3. The largest absolute Gasteiger partial charge is 0.455 e. The molecule has 1 aliphatic heterocycles. The highest BCUT2D eigenvalue weighted by molar-refractivity contribution is 6.19. The maximum atomic E-state index is 6.51. The predicted molar refractivity (Wildman–Crippen MR) is 112 cm³/mol. The lowest BCUT2D eigenvalue weighted by Gasteiger charge is -2.22. The van der Waals surface area contributed by atoms with E-state index in [9.17, 15) is 0 Å². The number of hydrogen-bond donors (Lipinski definition) is 0. The summed E-state index contributed by atoms with van der Waals surface area (Å²) < 4.78 is 20.3. The van der Waals surface area contributed by atoms with E-state index in [1.165, 1.54) is 16.3 Å². The molecule has 0 radical (unpaired) electrons. The highest BCUT2D eigenvalue weighted by Gasteiger charge is 2.32. The molecule has 7 rings (SSSR count). The van der Waals surface area contributed by atoms with Gasteiger partial charge in [0, 0.05) is 16.8 Å². The summed E-state index contributed by atoms with van der Waals surface area (Å²) in [5.41, 5.74) is 4.35. The quantitative estimate of drug-likeness (QED) is 0.287. The Morgan fingerprint density at radius 2 is 1.76 bits per heavy atom. The normalized spacial score (nSPS) is 12.8. The van der Waals surface area contributed by atoms with Crippen LogP contribution in [0.25, 0.3) is 54.9 Å². The first-order valence-electron chi connectivity index (χ1n) is 9.66. The van der Waals surface area contributed by atoms with Crippen LogP contribution in [0.5, 0.6) is 11.5 Å². The summed E-state index contributed by atoms with van der Waals surface area (Å²) in [4.78, 5) is 0. The molecule has 1 aliphatic rings. The molecule has 0 unspecified atom stereocenters. The Kier molecular flexibility index (Phi) is 2.60. The Morgan fingerprint density at radius 1 is 0.862 bits per heavy atom. The summed E-state index contributed by atoms with van der Waals surface area (Å²) in [5.74, 6) is 2.29. The summed E-state index contributed by atoms with van der Waals surface area (Å²) in [7, 11) is 2.08. The minimum atomic E-state index is 0.548. The molecule has 4 heterocycles. The van der Waals surface area contributed by atoms with E-state index >= 15 is 0 Å². The number of benzene rings is 3. The number of furan rings is 2. The first-order valence-corrected chi connectivity index (χ1v) is 9.66. The molecule has 0 aliphatic carbocycles. The number of aromatic nitrogens is 1. The molecule has 0 atom stereocenters. The van der Waals surface area contributed by atoms with Crippen LogP contribution in [0.4, 0.5) is 0 Å². The topological polar surface area (TPSA) is 39.4 Å². The van der Waals surface area contributed by atoms with E-state index in [0.717, 1.165) is 49.9 Å². The van der Waals surface area contributed by atoms with Gasteiger partial charge in [-0.1, -0.05) is 24.3 Å². The van der Waals surface area contributed by atoms with Crippen LogP contribution < -0.4 is 9.30 Å². The van der Waals surface area contributed by atoms with E-state index in [4.69, 9.17) is 13.6 Å². The second-order valence-corrected chi connectivity index (χ2v) is 7.74. The van der Waals surface area contributed by atoms with Crippen molar-refractivity contribution in [3.05, 3.63) is 66.6 Å².